The second-order valence-electron chi connectivity index (χ2n) is 5.29. The van der Waals surface area contributed by atoms with Crippen molar-refractivity contribution in [2.24, 2.45) is 0 Å². The van der Waals surface area contributed by atoms with Crippen LogP contribution in [0.3, 0.4) is 0 Å². The largest absolute Gasteiger partial charge is 0.479 e. The molecule has 0 radical (unpaired) electrons. The molecule has 3 rings (SSSR count). The van der Waals surface area contributed by atoms with Gasteiger partial charge in [0.1, 0.15) is 24.1 Å². The fraction of sp³-hybridized carbons (Fsp3) is 0.357. The van der Waals surface area contributed by atoms with Crippen molar-refractivity contribution in [1.82, 2.24) is 4.98 Å². The molecular weight excluding hydrogens is 410 g/mol. The molecule has 2 heterocycles. The molecule has 0 amide bonds. The zero-order valence-corrected chi connectivity index (χ0v) is 14.2. The van der Waals surface area contributed by atoms with E-state index < -0.39 is 36.7 Å². The monoisotopic (exact) mass is 421 g/mol. The van der Waals surface area contributed by atoms with Crippen LogP contribution in [0.4, 0.5) is 0 Å². The molecule has 2 aromatic rings. The van der Waals surface area contributed by atoms with Crippen LogP contribution in [0.15, 0.2) is 22.8 Å². The van der Waals surface area contributed by atoms with E-state index in [0.717, 1.165) is 0 Å². The van der Waals surface area contributed by atoms with Gasteiger partial charge < -0.3 is 34.9 Å². The number of H-pyrrole nitrogens is 1. The Balaban J connectivity index is 1.93. The summed E-state index contributed by atoms with van der Waals surface area (Å²) in [5, 5.41) is 39.4. The fourth-order valence-corrected chi connectivity index (χ4v) is 3.08. The lowest BCUT2D eigenvalue weighted by molar-refractivity contribution is -0.270. The van der Waals surface area contributed by atoms with Gasteiger partial charge in [0.25, 0.3) is 0 Å². The van der Waals surface area contributed by atoms with Gasteiger partial charge in [0.05, 0.1) is 15.9 Å². The third kappa shape index (κ3) is 2.87. The summed E-state index contributed by atoms with van der Waals surface area (Å²) in [5.41, 5.74) is 0.652. The summed E-state index contributed by atoms with van der Waals surface area (Å²) in [6.45, 7) is 0. The molecule has 1 aromatic carbocycles. The Morgan fingerprint density at radius 2 is 1.96 bits per heavy atom. The molecule has 1 fully saturated rings. The van der Waals surface area contributed by atoms with E-state index >= 15 is 0 Å². The Hall–Kier alpha value is -1.36. The van der Waals surface area contributed by atoms with E-state index in [0.29, 0.717) is 20.4 Å². The van der Waals surface area contributed by atoms with Gasteiger partial charge in [-0.05, 0) is 28.1 Å². The van der Waals surface area contributed by atoms with Crippen molar-refractivity contribution in [2.45, 2.75) is 30.7 Å². The van der Waals surface area contributed by atoms with Crippen LogP contribution < -0.4 is 4.74 Å². The summed E-state index contributed by atoms with van der Waals surface area (Å²) < 4.78 is 11.2. The highest BCUT2D eigenvalue weighted by Crippen LogP contribution is 2.38. The summed E-state index contributed by atoms with van der Waals surface area (Å²) in [6.07, 6.45) is -6.94. The highest BCUT2D eigenvalue weighted by Gasteiger charge is 2.48. The summed E-state index contributed by atoms with van der Waals surface area (Å²) in [6, 6.07) is 3.48. The lowest BCUT2D eigenvalue weighted by Gasteiger charge is -2.38. The molecule has 5 N–H and O–H groups in total. The minimum atomic E-state index is -1.78. The highest BCUT2D eigenvalue weighted by atomic mass is 79.9. The molecule has 1 aliphatic heterocycles. The molecule has 24 heavy (non-hydrogen) atoms. The number of aliphatic hydroxyl groups excluding tert-OH is 3. The minimum Gasteiger partial charge on any atom is -0.479 e. The fourth-order valence-electron chi connectivity index (χ4n) is 2.49. The number of aliphatic hydroxyl groups is 3. The maximum atomic E-state index is 11.1. The molecule has 5 atom stereocenters. The number of nitrogens with one attached hydrogen (secondary N) is 1. The van der Waals surface area contributed by atoms with Crippen molar-refractivity contribution in [3.8, 4) is 5.75 Å². The van der Waals surface area contributed by atoms with Gasteiger partial charge in [-0.25, -0.2) is 4.79 Å². The second kappa shape index (κ2) is 6.51. The number of hydrogen-bond acceptors (Lipinski definition) is 6. The van der Waals surface area contributed by atoms with Gasteiger partial charge in [-0.1, -0.05) is 11.6 Å². The minimum absolute atomic E-state index is 0.202. The van der Waals surface area contributed by atoms with Crippen molar-refractivity contribution in [2.75, 3.05) is 0 Å². The molecular formula is C14H13BrClNO7. The molecule has 8 nitrogen and oxygen atoms in total. The van der Waals surface area contributed by atoms with E-state index in [-0.39, 0.29) is 5.75 Å². The summed E-state index contributed by atoms with van der Waals surface area (Å²) in [4.78, 5) is 14.0. The van der Waals surface area contributed by atoms with Crippen LogP contribution in [0.1, 0.15) is 0 Å². The molecule has 0 aliphatic carbocycles. The first-order valence-electron chi connectivity index (χ1n) is 6.85. The standard InChI is InChI=1S/C14H13BrClNO7/c15-4-1-2-5-7(8(4)16)6(3-17-5)23-14-11(20)9(18)10(19)12(24-14)13(21)22/h1-3,9-12,14,17-20H,(H,21,22)/t9?,10-,11-,12?,14+/m0/s1. The Morgan fingerprint density at radius 1 is 1.25 bits per heavy atom. The number of benzene rings is 1. The van der Waals surface area contributed by atoms with Gasteiger partial charge in [-0.2, -0.15) is 0 Å². The lowest BCUT2D eigenvalue weighted by atomic mass is 9.99. The molecule has 1 saturated heterocycles. The van der Waals surface area contributed by atoms with Gasteiger partial charge in [-0.3, -0.25) is 0 Å². The molecule has 130 valence electrons. The third-order valence-electron chi connectivity index (χ3n) is 3.76. The topological polar surface area (TPSA) is 132 Å². The van der Waals surface area contributed by atoms with E-state index in [4.69, 9.17) is 26.2 Å². The number of carboxylic acid groups (broad SMARTS) is 1. The summed E-state index contributed by atoms with van der Waals surface area (Å²) in [5.74, 6) is -1.28. The maximum Gasteiger partial charge on any atom is 0.335 e. The van der Waals surface area contributed by atoms with Crippen LogP contribution >= 0.6 is 27.5 Å². The van der Waals surface area contributed by atoms with Gasteiger partial charge in [0.15, 0.2) is 6.10 Å². The number of fused-ring (bicyclic) bond motifs is 1. The molecule has 0 saturated carbocycles. The Bertz CT molecular complexity index is 782. The van der Waals surface area contributed by atoms with Crippen molar-refractivity contribution in [3.63, 3.8) is 0 Å². The smallest absolute Gasteiger partial charge is 0.335 e. The van der Waals surface area contributed by atoms with Gasteiger partial charge in [0, 0.05) is 10.7 Å². The number of hydrogen-bond donors (Lipinski definition) is 5. The molecule has 0 bridgehead atoms. The van der Waals surface area contributed by atoms with Gasteiger partial charge in [-0.15, -0.1) is 0 Å². The normalized spacial score (nSPS) is 30.5. The van der Waals surface area contributed by atoms with Crippen LogP contribution in [0.2, 0.25) is 5.02 Å². The Kier molecular flexibility index (Phi) is 4.73. The van der Waals surface area contributed by atoms with E-state index in [1.165, 1.54) is 6.20 Å². The first-order valence-corrected chi connectivity index (χ1v) is 8.02. The van der Waals surface area contributed by atoms with Gasteiger partial charge in [0.2, 0.25) is 6.29 Å². The number of ether oxygens (including phenoxy) is 2. The number of aromatic amines is 1. The van der Waals surface area contributed by atoms with Crippen molar-refractivity contribution in [1.29, 1.82) is 0 Å². The van der Waals surface area contributed by atoms with Crippen LogP contribution in [0.25, 0.3) is 10.9 Å². The summed E-state index contributed by atoms with van der Waals surface area (Å²) in [7, 11) is 0. The number of carboxylic acids is 1. The second-order valence-corrected chi connectivity index (χ2v) is 6.52. The number of aliphatic carboxylic acids is 1. The molecule has 10 heteroatoms. The maximum absolute atomic E-state index is 11.1. The molecule has 0 spiro atoms. The molecule has 1 aromatic heterocycles. The van der Waals surface area contributed by atoms with Gasteiger partial charge >= 0.3 is 5.97 Å². The van der Waals surface area contributed by atoms with Crippen LogP contribution in [-0.2, 0) is 9.53 Å². The average Bonchev–Trinajstić information content (AvgIpc) is 2.94. The first kappa shape index (κ1) is 17.5. The average molecular weight is 423 g/mol. The quantitative estimate of drug-likeness (QED) is 0.495. The van der Waals surface area contributed by atoms with E-state index in [1.807, 2.05) is 0 Å². The number of aromatic nitrogens is 1. The van der Waals surface area contributed by atoms with Crippen LogP contribution in [-0.4, -0.2) is 62.1 Å². The predicted octanol–water partition coefficient (Wildman–Crippen LogP) is 0.855. The summed E-state index contributed by atoms with van der Waals surface area (Å²) >= 11 is 9.51. The SMILES string of the molecule is O=C(O)C1O[C@@H](Oc2c[nH]c3ccc(Br)c(Cl)c23)[C@@H](O)C(O)[C@@H]1O. The van der Waals surface area contributed by atoms with E-state index in [9.17, 15) is 20.1 Å². The van der Waals surface area contributed by atoms with Crippen molar-refractivity contribution < 1.29 is 34.7 Å². The Morgan fingerprint density at radius 3 is 2.62 bits per heavy atom. The number of rotatable bonds is 3. The predicted molar refractivity (Wildman–Crippen MR) is 86.0 cm³/mol. The van der Waals surface area contributed by atoms with Crippen molar-refractivity contribution in [3.05, 3.63) is 27.8 Å². The first-order chi connectivity index (χ1) is 11.3. The molecule has 2 unspecified atom stereocenters. The number of carbonyl (C=O) groups is 1. The zero-order chi connectivity index (χ0) is 17.6. The third-order valence-corrected chi connectivity index (χ3v) is 5.04. The van der Waals surface area contributed by atoms with Crippen LogP contribution in [0, 0.1) is 0 Å². The lowest BCUT2D eigenvalue weighted by Crippen LogP contribution is -2.61. The highest BCUT2D eigenvalue weighted by molar-refractivity contribution is 9.10. The Labute approximate surface area is 148 Å². The number of halogens is 2. The zero-order valence-electron chi connectivity index (χ0n) is 11.9. The molecule has 1 aliphatic rings. The van der Waals surface area contributed by atoms with E-state index in [1.54, 1.807) is 12.1 Å². The van der Waals surface area contributed by atoms with Crippen LogP contribution in [0.5, 0.6) is 5.75 Å². The van der Waals surface area contributed by atoms with E-state index in [2.05, 4.69) is 20.9 Å². The van der Waals surface area contributed by atoms with Crippen molar-refractivity contribution >= 4 is 44.4 Å².